The molecule has 3 aliphatic heterocycles. The molecule has 3 aromatic heterocycles. The minimum absolute atomic E-state index is 0. The highest BCUT2D eigenvalue weighted by atomic mass is 15.1. The Balaban J connectivity index is 0.000000115. The van der Waals surface area contributed by atoms with Crippen LogP contribution in [0.15, 0.2) is 400 Å². The van der Waals surface area contributed by atoms with E-state index >= 15 is 0 Å². The van der Waals surface area contributed by atoms with Crippen molar-refractivity contribution in [2.75, 3.05) is 0 Å². The number of benzene rings is 20. The lowest BCUT2D eigenvalue weighted by Crippen LogP contribution is -2.27. The summed E-state index contributed by atoms with van der Waals surface area (Å²) in [5.41, 5.74) is 36.8. The van der Waals surface area contributed by atoms with Gasteiger partial charge in [0.25, 0.3) is 0 Å². The molecule has 0 spiro atoms. The van der Waals surface area contributed by atoms with Crippen molar-refractivity contribution in [1.82, 2.24) is 28.7 Å². The van der Waals surface area contributed by atoms with Crippen LogP contribution < -0.4 is 0 Å². The molecule has 0 aliphatic carbocycles. The molecule has 3 aliphatic rings. The third kappa shape index (κ3) is 12.3. The van der Waals surface area contributed by atoms with Gasteiger partial charge in [-0.05, 0) is 225 Å². The Labute approximate surface area is 765 Å². The van der Waals surface area contributed by atoms with Crippen LogP contribution in [-0.2, 0) is 22.7 Å². The molecule has 0 bridgehead atoms. The third-order valence-electron chi connectivity index (χ3n) is 28.4. The minimum atomic E-state index is -0.254. The second-order valence-corrected chi connectivity index (χ2v) is 36.5. The van der Waals surface area contributed by atoms with Crippen LogP contribution >= 0.6 is 0 Å². The highest BCUT2D eigenvalue weighted by molar-refractivity contribution is 6.25. The van der Waals surface area contributed by atoms with Crippen molar-refractivity contribution in [2.45, 2.75) is 92.9 Å². The van der Waals surface area contributed by atoms with Crippen LogP contribution in [0.5, 0.6) is 0 Å². The summed E-state index contributed by atoms with van der Waals surface area (Å²) in [6.07, 6.45) is 0.879. The van der Waals surface area contributed by atoms with Gasteiger partial charge in [0.2, 0.25) is 0 Å². The van der Waals surface area contributed by atoms with E-state index in [1.165, 1.54) is 210 Å². The molecule has 20 aromatic carbocycles. The lowest BCUT2D eigenvalue weighted by Gasteiger charge is -2.37. The Morgan fingerprint density at radius 2 is 0.557 bits per heavy atom. The molecule has 0 N–H and O–H groups in total. The molecule has 0 radical (unpaired) electrons. The van der Waals surface area contributed by atoms with E-state index in [9.17, 15) is 0 Å². The predicted molar refractivity (Wildman–Crippen MR) is 556 cm³/mol. The second-order valence-electron chi connectivity index (χ2n) is 36.5. The Bertz CT molecular complexity index is 8430. The van der Waals surface area contributed by atoms with Crippen LogP contribution in [0.4, 0.5) is 0 Å². The molecule has 630 valence electrons. The van der Waals surface area contributed by atoms with Crippen molar-refractivity contribution < 1.29 is 0 Å². The van der Waals surface area contributed by atoms with Crippen molar-refractivity contribution in [3.63, 3.8) is 0 Å². The van der Waals surface area contributed by atoms with Gasteiger partial charge in [0, 0.05) is 28.2 Å². The van der Waals surface area contributed by atoms with E-state index in [4.69, 9.17) is 15.0 Å². The van der Waals surface area contributed by atoms with Gasteiger partial charge in [0.05, 0.1) is 50.2 Å². The minimum Gasteiger partial charge on any atom is -0.296 e. The van der Waals surface area contributed by atoms with Crippen LogP contribution in [0.3, 0.4) is 0 Å². The van der Waals surface area contributed by atoms with Gasteiger partial charge in [0.15, 0.2) is 0 Å². The smallest absolute Gasteiger partial charge is 0.145 e. The first-order chi connectivity index (χ1) is 63.2. The van der Waals surface area contributed by atoms with Gasteiger partial charge in [-0.15, -0.1) is 0 Å². The number of hydrogen-bond acceptors (Lipinski definition) is 3. The number of nitrogens with zero attached hydrogens (tertiary/aromatic N) is 6. The highest BCUT2D eigenvalue weighted by Gasteiger charge is 2.42. The third-order valence-corrected chi connectivity index (χ3v) is 28.4. The largest absolute Gasteiger partial charge is 0.296 e. The normalized spacial score (nSPS) is 13.3. The van der Waals surface area contributed by atoms with Crippen LogP contribution in [-0.4, -0.2) is 28.7 Å². The van der Waals surface area contributed by atoms with E-state index in [1.54, 1.807) is 0 Å². The summed E-state index contributed by atoms with van der Waals surface area (Å²) in [5, 5.41) is 15.3. The molecule has 0 amide bonds. The fraction of sp³-hybridized carbons (Fsp3) is 0.112. The maximum absolute atomic E-state index is 5.23. The van der Waals surface area contributed by atoms with Crippen molar-refractivity contribution >= 4 is 97.7 Å². The van der Waals surface area contributed by atoms with Crippen molar-refractivity contribution in [2.24, 2.45) is 0 Å². The molecule has 6 heterocycles. The molecule has 0 fully saturated rings. The Kier molecular flexibility index (Phi) is 19.5. The number of aromatic nitrogens is 6. The van der Waals surface area contributed by atoms with Crippen molar-refractivity contribution in [3.05, 3.63) is 445 Å². The Hall–Kier alpha value is -15.6. The first-order valence-electron chi connectivity index (χ1n) is 45.3. The van der Waals surface area contributed by atoms with E-state index in [0.29, 0.717) is 0 Å². The van der Waals surface area contributed by atoms with E-state index in [0.717, 1.165) is 46.0 Å². The summed E-state index contributed by atoms with van der Waals surface area (Å²) in [7, 11) is 0. The zero-order chi connectivity index (χ0) is 86.7. The molecule has 0 unspecified atom stereocenters. The van der Waals surface area contributed by atoms with Gasteiger partial charge < -0.3 is 0 Å². The fourth-order valence-electron chi connectivity index (χ4n) is 22.9. The predicted octanol–water partition coefficient (Wildman–Crippen LogP) is 33.4. The number of para-hydroxylation sites is 3. The van der Waals surface area contributed by atoms with Crippen molar-refractivity contribution in [1.29, 1.82) is 0 Å². The maximum atomic E-state index is 5.23. The number of imidazole rings is 3. The zero-order valence-corrected chi connectivity index (χ0v) is 73.5. The van der Waals surface area contributed by atoms with E-state index in [-0.39, 0.29) is 31.1 Å². The van der Waals surface area contributed by atoms with Gasteiger partial charge in [-0.25, -0.2) is 15.0 Å². The Morgan fingerprint density at radius 3 is 1.02 bits per heavy atom. The molecule has 26 rings (SSSR count). The van der Waals surface area contributed by atoms with E-state index in [2.05, 4.69) is 469 Å². The average Bonchev–Trinajstić information content (AvgIpc) is 1.66. The summed E-state index contributed by atoms with van der Waals surface area (Å²) >= 11 is 0. The van der Waals surface area contributed by atoms with Crippen LogP contribution in [0.2, 0.25) is 0 Å². The average molecular weight is 1690 g/mol. The summed E-state index contributed by atoms with van der Waals surface area (Å²) in [6, 6.07) is 146. The van der Waals surface area contributed by atoms with Crippen LogP contribution in [0.1, 0.15) is 108 Å². The van der Waals surface area contributed by atoms with Crippen molar-refractivity contribution in [3.8, 4) is 106 Å². The maximum Gasteiger partial charge on any atom is 0.145 e. The zero-order valence-electron chi connectivity index (χ0n) is 73.5. The standard InChI is InChI=1S/C44H34N2.C42H30N2.C37H28N2.2CH4/c1-4-39-45-37-26-25-31(42-43(37)46(39)38-22-14-13-21-36(38)44(42,2)3)30-23-24-34-35(27-30)41(29-17-9-6-10-18-29)33-20-12-11-19-32(33)40(34)28-15-7-5-8-16-28;1-42(2)34-24-14-25-35-40(34)44(41(43-35)28-17-7-4-8-18-28)36-26-13-23-33(39(36)42)38-31-21-11-9-19-29(31)37(27-15-5-3-6-16-27)30-20-10-12-22-32(30)38;1-23-38-31-22-21-29(35-36(31)39(23)32-20-12-11-19-30(32)37(35,2)3)34-27-17-9-7-15-25(27)33(24-13-5-4-6-14-24)26-16-8-10-18-28(26)34;;/h5-27H,4H2,1-3H3;3-26H,1-2H3;4-22H,1-3H3;2*1H4. The van der Waals surface area contributed by atoms with Gasteiger partial charge in [-0.3, -0.25) is 13.7 Å². The van der Waals surface area contributed by atoms with E-state index < -0.39 is 0 Å². The number of aryl methyl sites for hydroxylation is 2. The van der Waals surface area contributed by atoms with E-state index in [1.807, 2.05) is 0 Å². The van der Waals surface area contributed by atoms with Gasteiger partial charge in [0.1, 0.15) is 17.5 Å². The molecule has 6 nitrogen and oxygen atoms in total. The first kappa shape index (κ1) is 81.1. The van der Waals surface area contributed by atoms with Crippen LogP contribution in [0, 0.1) is 6.92 Å². The Morgan fingerprint density at radius 1 is 0.229 bits per heavy atom. The molecular weight excluding hydrogens is 1590 g/mol. The number of rotatable bonds is 9. The van der Waals surface area contributed by atoms with Gasteiger partial charge in [-0.1, -0.05) is 421 Å². The molecular formula is C125H100N6. The highest BCUT2D eigenvalue weighted by Crippen LogP contribution is 2.57. The molecule has 6 heteroatoms. The number of hydrogen-bond donors (Lipinski definition) is 0. The summed E-state index contributed by atoms with van der Waals surface area (Å²) in [5.74, 6) is 3.12. The van der Waals surface area contributed by atoms with Gasteiger partial charge >= 0.3 is 0 Å². The first-order valence-corrected chi connectivity index (χ1v) is 45.3. The SMILES string of the molecule is C.C.CC1(C)c2c(-c3c4ccccc4c(-c4ccccc4)c4ccccc34)cccc2-n2c(-c3ccccc3)nc3cccc1c32.CCc1nc2ccc(-c3ccc4c(-c5ccccc5)c5ccccc5c(-c5ccccc5)c4c3)c3c2n1-c1ccccc1C3(C)C.Cc1nc2ccc(-c3c4ccccc4c(-c4ccccc4)c4ccccc34)c3c2n1-c1ccccc1C3(C)C. The number of fused-ring (bicyclic) bond motifs is 12. The quantitative estimate of drug-likeness (QED) is 0.135. The summed E-state index contributed by atoms with van der Waals surface area (Å²) in [6.45, 7) is 18.6. The lowest BCUT2D eigenvalue weighted by molar-refractivity contribution is 0.627. The second kappa shape index (κ2) is 31.4. The fourth-order valence-corrected chi connectivity index (χ4v) is 22.9. The lowest BCUT2D eigenvalue weighted by atomic mass is 9.71. The molecule has 0 saturated carbocycles. The summed E-state index contributed by atoms with van der Waals surface area (Å²) in [4.78, 5) is 15.4. The monoisotopic (exact) mass is 1680 g/mol. The molecule has 23 aromatic rings. The van der Waals surface area contributed by atoms with Crippen LogP contribution in [0.25, 0.3) is 204 Å². The summed E-state index contributed by atoms with van der Waals surface area (Å²) < 4.78 is 7.20. The molecule has 131 heavy (non-hydrogen) atoms. The van der Waals surface area contributed by atoms with Gasteiger partial charge in [-0.2, -0.15) is 0 Å². The topological polar surface area (TPSA) is 53.5 Å². The molecule has 0 saturated heterocycles. The molecule has 0 atom stereocenters.